The van der Waals surface area contributed by atoms with E-state index in [4.69, 9.17) is 32.7 Å². The fraction of sp³-hybridized carbons (Fsp3) is 0.235. The zero-order chi connectivity index (χ0) is 17.0. The Bertz CT molecular complexity index is 732. The highest BCUT2D eigenvalue weighted by Gasteiger charge is 2.16. The van der Waals surface area contributed by atoms with Gasteiger partial charge in [0.1, 0.15) is 0 Å². The predicted octanol–water partition coefficient (Wildman–Crippen LogP) is 4.96. The monoisotopic (exact) mass is 353 g/mol. The van der Waals surface area contributed by atoms with Crippen LogP contribution in [0.25, 0.3) is 0 Å². The third kappa shape index (κ3) is 4.09. The van der Waals surface area contributed by atoms with Crippen molar-refractivity contribution in [2.45, 2.75) is 13.8 Å². The topological polar surface area (TPSA) is 47.6 Å². The van der Waals surface area contributed by atoms with E-state index in [9.17, 15) is 4.79 Å². The Morgan fingerprint density at radius 2 is 1.91 bits per heavy atom. The summed E-state index contributed by atoms with van der Waals surface area (Å²) < 4.78 is 10.7. The molecular weight excluding hydrogens is 337 g/mol. The van der Waals surface area contributed by atoms with E-state index in [1.54, 1.807) is 24.3 Å². The number of anilines is 1. The van der Waals surface area contributed by atoms with Gasteiger partial charge in [0.15, 0.2) is 11.5 Å². The molecule has 0 saturated carbocycles. The molecule has 0 atom stereocenters. The van der Waals surface area contributed by atoms with Gasteiger partial charge in [0.05, 0.1) is 18.7 Å². The van der Waals surface area contributed by atoms with Gasteiger partial charge >= 0.3 is 0 Å². The smallest absolute Gasteiger partial charge is 0.255 e. The molecule has 0 bridgehead atoms. The molecule has 0 aromatic heterocycles. The number of hydrogen-bond donors (Lipinski definition) is 1. The molecule has 0 aliphatic heterocycles. The lowest BCUT2D eigenvalue weighted by Gasteiger charge is -2.13. The van der Waals surface area contributed by atoms with E-state index in [1.807, 2.05) is 19.9 Å². The zero-order valence-electron chi connectivity index (χ0n) is 13.1. The van der Waals surface area contributed by atoms with Crippen molar-refractivity contribution in [3.8, 4) is 11.5 Å². The molecule has 122 valence electrons. The van der Waals surface area contributed by atoms with Crippen LogP contribution in [0.5, 0.6) is 11.5 Å². The molecule has 0 spiro atoms. The first-order valence-electron chi connectivity index (χ1n) is 7.04. The summed E-state index contributed by atoms with van der Waals surface area (Å²) in [5.74, 6) is 0.520. The van der Waals surface area contributed by atoms with Crippen molar-refractivity contribution in [1.29, 1.82) is 0 Å². The number of hydrogen-bond acceptors (Lipinski definition) is 3. The van der Waals surface area contributed by atoms with Crippen molar-refractivity contribution in [2.75, 3.05) is 19.0 Å². The number of carbonyl (C=O) groups excluding carboxylic acids is 1. The van der Waals surface area contributed by atoms with Crippen LogP contribution < -0.4 is 14.8 Å². The SMILES string of the molecule is CCOc1c(Cl)cc(C(=O)Nc2ccc(C)c(Cl)c2)cc1OC. The van der Waals surface area contributed by atoms with E-state index in [0.717, 1.165) is 5.56 Å². The van der Waals surface area contributed by atoms with Crippen LogP contribution >= 0.6 is 23.2 Å². The molecule has 1 amide bonds. The average molecular weight is 354 g/mol. The number of methoxy groups -OCH3 is 1. The average Bonchev–Trinajstić information content (AvgIpc) is 2.52. The van der Waals surface area contributed by atoms with Gasteiger partial charge in [-0.2, -0.15) is 0 Å². The normalized spacial score (nSPS) is 10.3. The Balaban J connectivity index is 2.28. The summed E-state index contributed by atoms with van der Waals surface area (Å²) in [7, 11) is 1.50. The fourth-order valence-electron chi connectivity index (χ4n) is 2.01. The Morgan fingerprint density at radius 3 is 2.52 bits per heavy atom. The van der Waals surface area contributed by atoms with Gasteiger partial charge in [-0.25, -0.2) is 0 Å². The molecule has 0 unspecified atom stereocenters. The molecule has 2 rings (SSSR count). The number of amides is 1. The maximum Gasteiger partial charge on any atom is 0.255 e. The molecule has 23 heavy (non-hydrogen) atoms. The molecule has 0 fully saturated rings. The van der Waals surface area contributed by atoms with E-state index in [-0.39, 0.29) is 5.91 Å². The van der Waals surface area contributed by atoms with Crippen LogP contribution in [0.2, 0.25) is 10.0 Å². The highest BCUT2D eigenvalue weighted by Crippen LogP contribution is 2.36. The van der Waals surface area contributed by atoms with Crippen molar-refractivity contribution in [3.05, 3.63) is 51.5 Å². The molecule has 0 saturated heterocycles. The summed E-state index contributed by atoms with van der Waals surface area (Å²) in [6.07, 6.45) is 0. The van der Waals surface area contributed by atoms with Gasteiger partial charge in [0.25, 0.3) is 5.91 Å². The first-order valence-corrected chi connectivity index (χ1v) is 7.79. The van der Waals surface area contributed by atoms with Gasteiger partial charge in [-0.1, -0.05) is 29.3 Å². The molecular formula is C17H17Cl2NO3. The second-order valence-electron chi connectivity index (χ2n) is 4.84. The van der Waals surface area contributed by atoms with Crippen molar-refractivity contribution < 1.29 is 14.3 Å². The summed E-state index contributed by atoms with van der Waals surface area (Å²) in [6.45, 7) is 4.19. The molecule has 1 N–H and O–H groups in total. The van der Waals surface area contributed by atoms with Gasteiger partial charge < -0.3 is 14.8 Å². The van der Waals surface area contributed by atoms with Crippen LogP contribution in [0, 0.1) is 6.92 Å². The van der Waals surface area contributed by atoms with Gasteiger partial charge in [0, 0.05) is 16.3 Å². The largest absolute Gasteiger partial charge is 0.493 e. The van der Waals surface area contributed by atoms with E-state index < -0.39 is 0 Å². The highest BCUT2D eigenvalue weighted by atomic mass is 35.5. The molecule has 0 aliphatic carbocycles. The van der Waals surface area contributed by atoms with Crippen LogP contribution in [0.15, 0.2) is 30.3 Å². The standard InChI is InChI=1S/C17H17Cl2NO3/c1-4-23-16-14(19)7-11(8-15(16)22-3)17(21)20-12-6-5-10(2)13(18)9-12/h5-9H,4H2,1-3H3,(H,20,21). The third-order valence-electron chi connectivity index (χ3n) is 3.21. The van der Waals surface area contributed by atoms with Crippen LogP contribution in [0.4, 0.5) is 5.69 Å². The molecule has 2 aromatic carbocycles. The van der Waals surface area contributed by atoms with Crippen LogP contribution in [0.3, 0.4) is 0 Å². The number of rotatable bonds is 5. The zero-order valence-corrected chi connectivity index (χ0v) is 14.6. The van der Waals surface area contributed by atoms with E-state index in [2.05, 4.69) is 5.32 Å². The second kappa shape index (κ2) is 7.57. The molecule has 6 heteroatoms. The van der Waals surface area contributed by atoms with Gasteiger partial charge in [-0.3, -0.25) is 4.79 Å². The lowest BCUT2D eigenvalue weighted by molar-refractivity contribution is 0.102. The highest BCUT2D eigenvalue weighted by molar-refractivity contribution is 6.33. The lowest BCUT2D eigenvalue weighted by Crippen LogP contribution is -2.12. The molecule has 2 aromatic rings. The van der Waals surface area contributed by atoms with Crippen LogP contribution in [0.1, 0.15) is 22.8 Å². The minimum atomic E-state index is -0.312. The number of aryl methyl sites for hydroxylation is 1. The quantitative estimate of drug-likeness (QED) is 0.825. The molecule has 0 radical (unpaired) electrons. The van der Waals surface area contributed by atoms with Crippen molar-refractivity contribution in [1.82, 2.24) is 0 Å². The Labute approximate surface area is 145 Å². The summed E-state index contributed by atoms with van der Waals surface area (Å²) >= 11 is 12.2. The van der Waals surface area contributed by atoms with Crippen molar-refractivity contribution in [2.24, 2.45) is 0 Å². The number of halogens is 2. The van der Waals surface area contributed by atoms with Gasteiger partial charge in [-0.05, 0) is 43.7 Å². The maximum absolute atomic E-state index is 12.4. The van der Waals surface area contributed by atoms with E-state index in [0.29, 0.717) is 39.4 Å². The summed E-state index contributed by atoms with van der Waals surface area (Å²) in [6, 6.07) is 8.45. The van der Waals surface area contributed by atoms with Crippen molar-refractivity contribution >= 4 is 34.8 Å². The van der Waals surface area contributed by atoms with Crippen LogP contribution in [-0.4, -0.2) is 19.6 Å². The predicted molar refractivity (Wildman–Crippen MR) is 93.3 cm³/mol. The molecule has 0 heterocycles. The third-order valence-corrected chi connectivity index (χ3v) is 3.90. The number of benzene rings is 2. The Morgan fingerprint density at radius 1 is 1.17 bits per heavy atom. The Kier molecular flexibility index (Phi) is 5.74. The summed E-state index contributed by atoms with van der Waals surface area (Å²) in [5.41, 5.74) is 1.91. The molecule has 0 aliphatic rings. The van der Waals surface area contributed by atoms with Crippen LogP contribution in [-0.2, 0) is 0 Å². The van der Waals surface area contributed by atoms with Crippen molar-refractivity contribution in [3.63, 3.8) is 0 Å². The number of ether oxygens (including phenoxy) is 2. The maximum atomic E-state index is 12.4. The first-order chi connectivity index (χ1) is 11.0. The second-order valence-corrected chi connectivity index (χ2v) is 5.65. The summed E-state index contributed by atoms with van der Waals surface area (Å²) in [4.78, 5) is 12.4. The Hall–Kier alpha value is -1.91. The first kappa shape index (κ1) is 17.4. The fourth-order valence-corrected chi connectivity index (χ4v) is 2.45. The van der Waals surface area contributed by atoms with Gasteiger partial charge in [0.2, 0.25) is 0 Å². The van der Waals surface area contributed by atoms with E-state index >= 15 is 0 Å². The number of nitrogens with one attached hydrogen (secondary N) is 1. The number of carbonyl (C=O) groups is 1. The van der Waals surface area contributed by atoms with E-state index in [1.165, 1.54) is 7.11 Å². The minimum absolute atomic E-state index is 0.312. The van der Waals surface area contributed by atoms with Gasteiger partial charge in [-0.15, -0.1) is 0 Å². The minimum Gasteiger partial charge on any atom is -0.493 e. The lowest BCUT2D eigenvalue weighted by atomic mass is 10.1. The summed E-state index contributed by atoms with van der Waals surface area (Å²) in [5, 5.41) is 3.68. The molecule has 4 nitrogen and oxygen atoms in total.